The lowest BCUT2D eigenvalue weighted by Crippen LogP contribution is -2.38. The topological polar surface area (TPSA) is 73.6 Å². The molecule has 0 aromatic heterocycles. The van der Waals surface area contributed by atoms with Gasteiger partial charge in [0.2, 0.25) is 0 Å². The Morgan fingerprint density at radius 2 is 2.10 bits per heavy atom. The Bertz CT molecular complexity index is 472. The summed E-state index contributed by atoms with van der Waals surface area (Å²) in [6.45, 7) is 5.37. The Kier molecular flexibility index (Phi) is 5.33. The maximum atomic E-state index is 13.3. The lowest BCUT2D eigenvalue weighted by Gasteiger charge is -2.24. The summed E-state index contributed by atoms with van der Waals surface area (Å²) in [5, 5.41) is 2.61. The maximum absolute atomic E-state index is 13.3. The van der Waals surface area contributed by atoms with Crippen molar-refractivity contribution in [3.63, 3.8) is 0 Å². The van der Waals surface area contributed by atoms with E-state index in [-0.39, 0.29) is 6.54 Å². The number of halogens is 1. The van der Waals surface area contributed by atoms with E-state index in [0.717, 1.165) is 0 Å². The monoisotopic (exact) mass is 284 g/mol. The van der Waals surface area contributed by atoms with Crippen LogP contribution in [0.3, 0.4) is 0 Å². The number of rotatable bonds is 4. The normalized spacial score (nSPS) is 12.7. The molecule has 0 aliphatic carbocycles. The van der Waals surface area contributed by atoms with Crippen LogP contribution < -0.4 is 15.8 Å². The Morgan fingerprint density at radius 3 is 2.60 bits per heavy atom. The molecule has 0 spiro atoms. The molecule has 1 rings (SSSR count). The first kappa shape index (κ1) is 16.2. The van der Waals surface area contributed by atoms with E-state index in [1.54, 1.807) is 20.8 Å². The molecule has 0 radical (unpaired) electrons. The molecule has 5 nitrogen and oxygen atoms in total. The molecule has 1 atom stereocenters. The average Bonchev–Trinajstić information content (AvgIpc) is 2.33. The first-order valence-corrected chi connectivity index (χ1v) is 6.30. The van der Waals surface area contributed by atoms with Gasteiger partial charge in [0.15, 0.2) is 0 Å². The number of hydrogen-bond donors (Lipinski definition) is 2. The first-order valence-electron chi connectivity index (χ1n) is 6.30. The van der Waals surface area contributed by atoms with Gasteiger partial charge in [0.05, 0.1) is 13.2 Å². The van der Waals surface area contributed by atoms with Crippen molar-refractivity contribution in [2.75, 3.05) is 13.7 Å². The third kappa shape index (κ3) is 4.70. The van der Waals surface area contributed by atoms with E-state index < -0.39 is 23.6 Å². The molecule has 0 saturated carbocycles. The molecule has 1 amide bonds. The van der Waals surface area contributed by atoms with Crippen LogP contribution in [0.5, 0.6) is 5.75 Å². The predicted octanol–water partition coefficient (Wildman–Crippen LogP) is 2.36. The summed E-state index contributed by atoms with van der Waals surface area (Å²) in [5.41, 5.74) is 5.50. The largest absolute Gasteiger partial charge is 0.496 e. The number of amides is 1. The van der Waals surface area contributed by atoms with Crippen molar-refractivity contribution in [2.24, 2.45) is 5.73 Å². The van der Waals surface area contributed by atoms with Crippen LogP contribution in [-0.4, -0.2) is 25.3 Å². The summed E-state index contributed by atoms with van der Waals surface area (Å²) < 4.78 is 23.7. The lowest BCUT2D eigenvalue weighted by atomic mass is 10.1. The molecule has 1 unspecified atom stereocenters. The quantitative estimate of drug-likeness (QED) is 0.890. The van der Waals surface area contributed by atoms with Gasteiger partial charge in [0, 0.05) is 12.1 Å². The molecule has 3 N–H and O–H groups in total. The highest BCUT2D eigenvalue weighted by Gasteiger charge is 2.22. The van der Waals surface area contributed by atoms with Crippen molar-refractivity contribution in [3.8, 4) is 5.75 Å². The smallest absolute Gasteiger partial charge is 0.408 e. The van der Waals surface area contributed by atoms with Gasteiger partial charge in [-0.25, -0.2) is 9.18 Å². The summed E-state index contributed by atoms with van der Waals surface area (Å²) >= 11 is 0. The molecular formula is C14H21FN2O3. The van der Waals surface area contributed by atoms with Crippen molar-refractivity contribution in [2.45, 2.75) is 32.4 Å². The van der Waals surface area contributed by atoms with Gasteiger partial charge in [-0.3, -0.25) is 0 Å². The molecule has 0 heterocycles. The zero-order valence-electron chi connectivity index (χ0n) is 12.2. The molecule has 0 fully saturated rings. The molecule has 1 aromatic carbocycles. The highest BCUT2D eigenvalue weighted by atomic mass is 19.1. The molecule has 0 saturated heterocycles. The summed E-state index contributed by atoms with van der Waals surface area (Å²) in [5.74, 6) is 0.0307. The number of ether oxygens (including phenoxy) is 2. The summed E-state index contributed by atoms with van der Waals surface area (Å²) in [6.07, 6.45) is -0.612. The molecule has 1 aromatic rings. The maximum Gasteiger partial charge on any atom is 0.408 e. The van der Waals surface area contributed by atoms with Gasteiger partial charge in [-0.2, -0.15) is 0 Å². The van der Waals surface area contributed by atoms with Crippen LogP contribution in [0.2, 0.25) is 0 Å². The Balaban J connectivity index is 2.91. The second-order valence-electron chi connectivity index (χ2n) is 5.32. The van der Waals surface area contributed by atoms with E-state index in [9.17, 15) is 9.18 Å². The highest BCUT2D eigenvalue weighted by Crippen LogP contribution is 2.25. The summed E-state index contributed by atoms with van der Waals surface area (Å²) in [7, 11) is 1.47. The van der Waals surface area contributed by atoms with E-state index >= 15 is 0 Å². The van der Waals surface area contributed by atoms with E-state index in [1.807, 2.05) is 0 Å². The predicted molar refractivity (Wildman–Crippen MR) is 74.1 cm³/mol. The second-order valence-corrected chi connectivity index (χ2v) is 5.32. The fraction of sp³-hybridized carbons (Fsp3) is 0.500. The van der Waals surface area contributed by atoms with Crippen LogP contribution in [0.15, 0.2) is 18.2 Å². The number of benzene rings is 1. The van der Waals surface area contributed by atoms with Crippen molar-refractivity contribution in [3.05, 3.63) is 29.6 Å². The number of hydrogen-bond acceptors (Lipinski definition) is 4. The minimum Gasteiger partial charge on any atom is -0.496 e. The molecular weight excluding hydrogens is 263 g/mol. The standard InChI is InChI=1S/C14H21FN2O3/c1-14(2,3)20-13(18)17-11(8-16)10-7-9(15)5-6-12(10)19-4/h5-7,11H,8,16H2,1-4H3,(H,17,18). The zero-order valence-corrected chi connectivity index (χ0v) is 12.2. The van der Waals surface area contributed by atoms with Gasteiger partial charge in [-0.05, 0) is 39.0 Å². The van der Waals surface area contributed by atoms with Gasteiger partial charge in [0.25, 0.3) is 0 Å². The van der Waals surface area contributed by atoms with E-state index in [0.29, 0.717) is 11.3 Å². The van der Waals surface area contributed by atoms with Crippen LogP contribution in [0.4, 0.5) is 9.18 Å². The molecule has 112 valence electrons. The second kappa shape index (κ2) is 6.56. The van der Waals surface area contributed by atoms with Gasteiger partial charge < -0.3 is 20.5 Å². The summed E-state index contributed by atoms with van der Waals surface area (Å²) in [6, 6.07) is 3.47. The molecule has 0 bridgehead atoms. The molecule has 6 heteroatoms. The van der Waals surface area contributed by atoms with E-state index in [2.05, 4.69) is 5.32 Å². The Hall–Kier alpha value is -1.82. The zero-order chi connectivity index (χ0) is 15.3. The average molecular weight is 284 g/mol. The van der Waals surface area contributed by atoms with Crippen LogP contribution in [-0.2, 0) is 4.74 Å². The number of nitrogens with two attached hydrogens (primary N) is 1. The number of carbonyl (C=O) groups is 1. The first-order chi connectivity index (χ1) is 9.26. The van der Waals surface area contributed by atoms with Gasteiger partial charge in [-0.1, -0.05) is 0 Å². The SMILES string of the molecule is COc1ccc(F)cc1C(CN)NC(=O)OC(C)(C)C. The van der Waals surface area contributed by atoms with Gasteiger partial charge >= 0.3 is 6.09 Å². The highest BCUT2D eigenvalue weighted by molar-refractivity contribution is 5.68. The minimum absolute atomic E-state index is 0.0963. The molecule has 20 heavy (non-hydrogen) atoms. The Morgan fingerprint density at radius 1 is 1.45 bits per heavy atom. The van der Waals surface area contributed by atoms with Crippen molar-refractivity contribution in [1.82, 2.24) is 5.32 Å². The Labute approximate surface area is 118 Å². The number of carbonyl (C=O) groups excluding carboxylic acids is 1. The van der Waals surface area contributed by atoms with Crippen LogP contribution >= 0.6 is 0 Å². The fourth-order valence-electron chi connectivity index (χ4n) is 1.69. The van der Waals surface area contributed by atoms with Crippen LogP contribution in [0.1, 0.15) is 32.4 Å². The third-order valence-electron chi connectivity index (χ3n) is 2.49. The van der Waals surface area contributed by atoms with Crippen molar-refractivity contribution in [1.29, 1.82) is 0 Å². The van der Waals surface area contributed by atoms with E-state index in [1.165, 1.54) is 25.3 Å². The lowest BCUT2D eigenvalue weighted by molar-refractivity contribution is 0.0504. The van der Waals surface area contributed by atoms with Crippen LogP contribution in [0, 0.1) is 5.82 Å². The number of nitrogens with one attached hydrogen (secondary N) is 1. The van der Waals surface area contributed by atoms with E-state index in [4.69, 9.17) is 15.2 Å². The minimum atomic E-state index is -0.616. The van der Waals surface area contributed by atoms with Gasteiger partial charge in [0.1, 0.15) is 17.2 Å². The van der Waals surface area contributed by atoms with Crippen molar-refractivity contribution >= 4 is 6.09 Å². The number of alkyl carbamates (subject to hydrolysis) is 1. The van der Waals surface area contributed by atoms with Crippen molar-refractivity contribution < 1.29 is 18.7 Å². The molecule has 0 aliphatic heterocycles. The van der Waals surface area contributed by atoms with Gasteiger partial charge in [-0.15, -0.1) is 0 Å². The number of methoxy groups -OCH3 is 1. The summed E-state index contributed by atoms with van der Waals surface area (Å²) in [4.78, 5) is 11.8. The molecule has 0 aliphatic rings. The fourth-order valence-corrected chi connectivity index (χ4v) is 1.69. The third-order valence-corrected chi connectivity index (χ3v) is 2.49. The van der Waals surface area contributed by atoms with Crippen LogP contribution in [0.25, 0.3) is 0 Å².